The van der Waals surface area contributed by atoms with Crippen LogP contribution in [0.15, 0.2) is 91.3 Å². The second-order valence-electron chi connectivity index (χ2n) is 11.6. The van der Waals surface area contributed by atoms with Gasteiger partial charge in [0.25, 0.3) is 0 Å². The third kappa shape index (κ3) is 5.83. The second kappa shape index (κ2) is 12.3. The highest BCUT2D eigenvalue weighted by molar-refractivity contribution is 5.84. The van der Waals surface area contributed by atoms with Gasteiger partial charge >= 0.3 is 0 Å². The number of fused-ring (bicyclic) bond motifs is 2. The third-order valence-electron chi connectivity index (χ3n) is 8.77. The Bertz CT molecular complexity index is 1830. The number of carbonyl (C=O) groups is 1. The Kier molecular flexibility index (Phi) is 7.75. The summed E-state index contributed by atoms with van der Waals surface area (Å²) in [7, 11) is 0. The van der Waals surface area contributed by atoms with Crippen molar-refractivity contribution < 1.29 is 4.79 Å². The first kappa shape index (κ1) is 27.2. The molecule has 7 rings (SSSR count). The lowest BCUT2D eigenvalue weighted by Crippen LogP contribution is -2.41. The van der Waals surface area contributed by atoms with E-state index in [0.717, 1.165) is 72.4 Å². The van der Waals surface area contributed by atoms with Gasteiger partial charge in [-0.15, -0.1) is 10.2 Å². The molecule has 1 aliphatic rings. The van der Waals surface area contributed by atoms with Crippen LogP contribution < -0.4 is 10.6 Å². The summed E-state index contributed by atoms with van der Waals surface area (Å²) in [4.78, 5) is 20.5. The number of aromatic nitrogens is 5. The summed E-state index contributed by atoms with van der Waals surface area (Å²) in [6.45, 7) is 2.38. The smallest absolute Gasteiger partial charge is 0.223 e. The number of amides is 1. The number of hydrogen-bond donors (Lipinski definition) is 4. The van der Waals surface area contributed by atoms with Crippen molar-refractivity contribution in [1.29, 1.82) is 0 Å². The SMILES string of the molecule is O=C(N[C@@H](Cc1c[nH]c2ccccc12)c1nnc(CCc2c[nH]c3ccccc23)n1Cc1ccccc1)C1CCNCC1. The van der Waals surface area contributed by atoms with Crippen LogP contribution in [0.1, 0.15) is 47.2 Å². The topological polar surface area (TPSA) is 103 Å². The minimum absolute atomic E-state index is 0.00134. The minimum Gasteiger partial charge on any atom is -0.361 e. The molecule has 1 amide bonds. The van der Waals surface area contributed by atoms with E-state index in [1.165, 1.54) is 16.5 Å². The van der Waals surface area contributed by atoms with Crippen LogP contribution >= 0.6 is 0 Å². The summed E-state index contributed by atoms with van der Waals surface area (Å²) in [5, 5.41) is 18.8. The number of nitrogens with one attached hydrogen (secondary N) is 4. The maximum absolute atomic E-state index is 13.6. The number of aromatic amines is 2. The molecule has 4 heterocycles. The lowest BCUT2D eigenvalue weighted by atomic mass is 9.96. The molecule has 8 nitrogen and oxygen atoms in total. The predicted octanol–water partition coefficient (Wildman–Crippen LogP) is 5.47. The highest BCUT2D eigenvalue weighted by Crippen LogP contribution is 2.27. The van der Waals surface area contributed by atoms with Crippen molar-refractivity contribution in [3.05, 3.63) is 120 Å². The molecule has 0 unspecified atom stereocenters. The molecule has 1 aliphatic heterocycles. The summed E-state index contributed by atoms with van der Waals surface area (Å²) in [5.74, 6) is 1.81. The van der Waals surface area contributed by atoms with Gasteiger partial charge in [0.2, 0.25) is 5.91 Å². The van der Waals surface area contributed by atoms with E-state index in [0.29, 0.717) is 13.0 Å². The standard InChI is InChI=1S/C35H37N7O/c43-35(25-16-18-36-19-17-25)39-32(20-27-22-38-31-13-7-5-11-29(27)31)34-41-40-33(42(34)23-24-8-2-1-3-9-24)15-14-26-21-37-30-12-6-4-10-28(26)30/h1-13,21-22,25,32,36-38H,14-20,23H2,(H,39,43)/t32-/m0/s1. The predicted molar refractivity (Wildman–Crippen MR) is 170 cm³/mol. The van der Waals surface area contributed by atoms with Crippen LogP contribution in [0, 0.1) is 5.92 Å². The normalized spacial score (nSPS) is 14.8. The molecule has 8 heteroatoms. The first-order chi connectivity index (χ1) is 21.2. The molecular formula is C35H37N7O. The Morgan fingerprint density at radius 1 is 0.814 bits per heavy atom. The number of para-hydroxylation sites is 2. The second-order valence-corrected chi connectivity index (χ2v) is 11.6. The van der Waals surface area contributed by atoms with Gasteiger partial charge in [-0.2, -0.15) is 0 Å². The highest BCUT2D eigenvalue weighted by Gasteiger charge is 2.28. The van der Waals surface area contributed by atoms with E-state index in [1.807, 2.05) is 12.1 Å². The van der Waals surface area contributed by atoms with Crippen molar-refractivity contribution in [2.45, 2.75) is 44.7 Å². The van der Waals surface area contributed by atoms with Crippen LogP contribution in [0.25, 0.3) is 21.8 Å². The fourth-order valence-corrected chi connectivity index (χ4v) is 6.42. The van der Waals surface area contributed by atoms with Gasteiger partial charge in [-0.1, -0.05) is 66.7 Å². The van der Waals surface area contributed by atoms with Crippen molar-refractivity contribution in [2.75, 3.05) is 13.1 Å². The average molecular weight is 572 g/mol. The van der Waals surface area contributed by atoms with Crippen LogP contribution in [0.5, 0.6) is 0 Å². The average Bonchev–Trinajstić information content (AvgIpc) is 3.78. The third-order valence-corrected chi connectivity index (χ3v) is 8.77. The summed E-state index contributed by atoms with van der Waals surface area (Å²) in [6, 6.07) is 26.8. The molecule has 0 bridgehead atoms. The summed E-state index contributed by atoms with van der Waals surface area (Å²) >= 11 is 0. The molecule has 0 aliphatic carbocycles. The van der Waals surface area contributed by atoms with E-state index >= 15 is 0 Å². The highest BCUT2D eigenvalue weighted by atomic mass is 16.2. The van der Waals surface area contributed by atoms with E-state index in [2.05, 4.69) is 104 Å². The lowest BCUT2D eigenvalue weighted by molar-refractivity contribution is -0.126. The maximum Gasteiger partial charge on any atom is 0.223 e. The largest absolute Gasteiger partial charge is 0.361 e. The molecular weight excluding hydrogens is 534 g/mol. The minimum atomic E-state index is -0.320. The van der Waals surface area contributed by atoms with E-state index in [4.69, 9.17) is 10.2 Å². The first-order valence-corrected chi connectivity index (χ1v) is 15.3. The van der Waals surface area contributed by atoms with Crippen LogP contribution in [0.4, 0.5) is 0 Å². The number of carbonyl (C=O) groups excluding carboxylic acids is 1. The number of benzene rings is 3. The Morgan fingerprint density at radius 2 is 1.47 bits per heavy atom. The molecule has 0 radical (unpaired) electrons. The number of piperidine rings is 1. The van der Waals surface area contributed by atoms with Crippen molar-refractivity contribution >= 4 is 27.7 Å². The van der Waals surface area contributed by atoms with Crippen molar-refractivity contribution in [3.8, 4) is 0 Å². The molecule has 3 aromatic heterocycles. The summed E-state index contributed by atoms with van der Waals surface area (Å²) < 4.78 is 2.23. The van der Waals surface area contributed by atoms with Gasteiger partial charge in [0.15, 0.2) is 5.82 Å². The van der Waals surface area contributed by atoms with Gasteiger partial charge in [0.1, 0.15) is 5.82 Å². The Hall–Kier alpha value is -4.69. The molecule has 1 saturated heterocycles. The molecule has 4 N–H and O–H groups in total. The fraction of sp³-hybridized carbons (Fsp3) is 0.286. The molecule has 3 aromatic carbocycles. The number of H-pyrrole nitrogens is 2. The van der Waals surface area contributed by atoms with Gasteiger partial charge in [0.05, 0.1) is 12.6 Å². The van der Waals surface area contributed by atoms with Gasteiger partial charge in [-0.3, -0.25) is 4.79 Å². The molecule has 1 atom stereocenters. The van der Waals surface area contributed by atoms with Crippen LogP contribution in [-0.4, -0.2) is 43.7 Å². The Balaban J connectivity index is 1.24. The van der Waals surface area contributed by atoms with Gasteiger partial charge < -0.3 is 25.2 Å². The van der Waals surface area contributed by atoms with Gasteiger partial charge in [-0.25, -0.2) is 0 Å². The van der Waals surface area contributed by atoms with E-state index in [-0.39, 0.29) is 17.9 Å². The molecule has 218 valence electrons. The van der Waals surface area contributed by atoms with Crippen molar-refractivity contribution in [3.63, 3.8) is 0 Å². The van der Waals surface area contributed by atoms with E-state index in [1.54, 1.807) is 0 Å². The van der Waals surface area contributed by atoms with E-state index in [9.17, 15) is 4.79 Å². The number of rotatable bonds is 10. The molecule has 43 heavy (non-hydrogen) atoms. The maximum atomic E-state index is 13.6. The zero-order valence-electron chi connectivity index (χ0n) is 24.2. The van der Waals surface area contributed by atoms with Crippen LogP contribution in [-0.2, 0) is 30.6 Å². The molecule has 0 spiro atoms. The number of nitrogens with zero attached hydrogens (tertiary/aromatic N) is 3. The Labute approximate surface area is 250 Å². The van der Waals surface area contributed by atoms with E-state index < -0.39 is 0 Å². The van der Waals surface area contributed by atoms with Crippen LogP contribution in [0.2, 0.25) is 0 Å². The summed E-state index contributed by atoms with van der Waals surface area (Å²) in [5.41, 5.74) is 5.82. The zero-order valence-corrected chi connectivity index (χ0v) is 24.2. The molecule has 6 aromatic rings. The van der Waals surface area contributed by atoms with Gasteiger partial charge in [-0.05, 0) is 61.2 Å². The number of aryl methyl sites for hydroxylation is 2. The molecule has 1 fully saturated rings. The zero-order chi connectivity index (χ0) is 29.0. The lowest BCUT2D eigenvalue weighted by Gasteiger charge is -2.26. The van der Waals surface area contributed by atoms with Crippen molar-refractivity contribution in [2.24, 2.45) is 5.92 Å². The van der Waals surface area contributed by atoms with Gasteiger partial charge in [0, 0.05) is 53.0 Å². The molecule has 0 saturated carbocycles. The first-order valence-electron chi connectivity index (χ1n) is 15.3. The quantitative estimate of drug-likeness (QED) is 0.175. The van der Waals surface area contributed by atoms with Crippen molar-refractivity contribution in [1.82, 2.24) is 35.4 Å². The Morgan fingerprint density at radius 3 is 2.21 bits per heavy atom. The monoisotopic (exact) mass is 571 g/mol. The fourth-order valence-electron chi connectivity index (χ4n) is 6.42. The summed E-state index contributed by atoms with van der Waals surface area (Å²) in [6.07, 6.45) is 8.05. The van der Waals surface area contributed by atoms with Crippen LogP contribution in [0.3, 0.4) is 0 Å². The number of hydrogen-bond acceptors (Lipinski definition) is 4.